The molecule has 0 aromatic heterocycles. The third-order valence-corrected chi connectivity index (χ3v) is 4.75. The van der Waals surface area contributed by atoms with Gasteiger partial charge < -0.3 is 10.1 Å². The predicted molar refractivity (Wildman–Crippen MR) is 79.3 cm³/mol. The first kappa shape index (κ1) is 15.3. The number of para-hydroxylation sites is 1. The lowest BCUT2D eigenvalue weighted by Gasteiger charge is -2.16. The van der Waals surface area contributed by atoms with Crippen LogP contribution in [0.4, 0.5) is 5.69 Å². The summed E-state index contributed by atoms with van der Waals surface area (Å²) in [5.74, 6) is 0.312. The van der Waals surface area contributed by atoms with Gasteiger partial charge in [0.25, 0.3) is 0 Å². The molecule has 0 saturated heterocycles. The van der Waals surface area contributed by atoms with Gasteiger partial charge in [-0.25, -0.2) is 13.1 Å². The Bertz CT molecular complexity index is 541. The third-order valence-electron chi connectivity index (χ3n) is 3.17. The van der Waals surface area contributed by atoms with Crippen LogP contribution in [0.15, 0.2) is 29.2 Å². The highest BCUT2D eigenvalue weighted by atomic mass is 32.2. The Morgan fingerprint density at radius 1 is 1.35 bits per heavy atom. The molecule has 0 bridgehead atoms. The largest absolute Gasteiger partial charge is 0.384 e. The van der Waals surface area contributed by atoms with Crippen LogP contribution in [0.1, 0.15) is 19.8 Å². The summed E-state index contributed by atoms with van der Waals surface area (Å²) in [5.41, 5.74) is 0.642. The molecule has 6 heteroatoms. The predicted octanol–water partition coefficient (Wildman–Crippen LogP) is 1.82. The van der Waals surface area contributed by atoms with E-state index in [9.17, 15) is 8.42 Å². The van der Waals surface area contributed by atoms with E-state index in [1.54, 1.807) is 25.3 Å². The Balaban J connectivity index is 2.09. The monoisotopic (exact) mass is 298 g/mol. The van der Waals surface area contributed by atoms with Crippen molar-refractivity contribution in [1.29, 1.82) is 0 Å². The average molecular weight is 298 g/mol. The topological polar surface area (TPSA) is 67.4 Å². The van der Waals surface area contributed by atoms with Gasteiger partial charge in [0.1, 0.15) is 4.90 Å². The average Bonchev–Trinajstić information content (AvgIpc) is 3.20. The van der Waals surface area contributed by atoms with E-state index in [1.807, 2.05) is 6.07 Å². The molecule has 112 valence electrons. The molecule has 5 nitrogen and oxygen atoms in total. The van der Waals surface area contributed by atoms with Gasteiger partial charge in [0, 0.05) is 19.7 Å². The molecule has 1 aromatic rings. The van der Waals surface area contributed by atoms with Gasteiger partial charge >= 0.3 is 0 Å². The van der Waals surface area contributed by atoms with Crippen molar-refractivity contribution in [1.82, 2.24) is 4.72 Å². The number of methoxy groups -OCH3 is 1. The van der Waals surface area contributed by atoms with Gasteiger partial charge in [-0.15, -0.1) is 0 Å². The second kappa shape index (κ2) is 6.56. The summed E-state index contributed by atoms with van der Waals surface area (Å²) in [4.78, 5) is 0.316. The van der Waals surface area contributed by atoms with Gasteiger partial charge in [-0.2, -0.15) is 0 Å². The van der Waals surface area contributed by atoms with Crippen LogP contribution in [0.25, 0.3) is 0 Å². The summed E-state index contributed by atoms with van der Waals surface area (Å²) in [5, 5.41) is 3.20. The molecule has 1 unspecified atom stereocenters. The van der Waals surface area contributed by atoms with E-state index in [2.05, 4.69) is 17.0 Å². The summed E-state index contributed by atoms with van der Waals surface area (Å²) in [7, 11) is -1.77. The van der Waals surface area contributed by atoms with Crippen molar-refractivity contribution in [2.75, 3.05) is 25.6 Å². The van der Waals surface area contributed by atoms with Crippen molar-refractivity contribution in [3.8, 4) is 0 Å². The van der Waals surface area contributed by atoms with E-state index < -0.39 is 10.0 Å². The van der Waals surface area contributed by atoms with Gasteiger partial charge in [-0.3, -0.25) is 0 Å². The molecule has 2 N–H and O–H groups in total. The number of sulfonamides is 1. The van der Waals surface area contributed by atoms with Crippen LogP contribution in [0.2, 0.25) is 0 Å². The van der Waals surface area contributed by atoms with Crippen LogP contribution in [-0.2, 0) is 14.8 Å². The first-order valence-corrected chi connectivity index (χ1v) is 8.35. The van der Waals surface area contributed by atoms with Crippen LogP contribution >= 0.6 is 0 Å². The fraction of sp³-hybridized carbons (Fsp3) is 0.571. The maximum absolute atomic E-state index is 12.3. The number of anilines is 1. The van der Waals surface area contributed by atoms with Crippen LogP contribution in [0, 0.1) is 5.92 Å². The van der Waals surface area contributed by atoms with Gasteiger partial charge in [0.15, 0.2) is 0 Å². The Hall–Kier alpha value is -1.11. The SMILES string of the molecule is COCC(C)CNc1ccccc1S(=O)(=O)NC1CC1. The maximum Gasteiger partial charge on any atom is 0.242 e. The highest BCUT2D eigenvalue weighted by Gasteiger charge is 2.29. The highest BCUT2D eigenvalue weighted by Crippen LogP contribution is 2.26. The molecular weight excluding hydrogens is 276 g/mol. The van der Waals surface area contributed by atoms with Crippen molar-refractivity contribution in [3.63, 3.8) is 0 Å². The molecule has 0 radical (unpaired) electrons. The van der Waals surface area contributed by atoms with Crippen molar-refractivity contribution < 1.29 is 13.2 Å². The van der Waals surface area contributed by atoms with Crippen LogP contribution < -0.4 is 10.0 Å². The second-order valence-corrected chi connectivity index (χ2v) is 7.02. The molecular formula is C14H22N2O3S. The van der Waals surface area contributed by atoms with Gasteiger partial charge in [-0.1, -0.05) is 19.1 Å². The number of benzene rings is 1. The quantitative estimate of drug-likeness (QED) is 0.768. The summed E-state index contributed by atoms with van der Waals surface area (Å²) < 4.78 is 32.4. The number of nitrogens with one attached hydrogen (secondary N) is 2. The minimum Gasteiger partial charge on any atom is -0.384 e. The summed E-state index contributed by atoms with van der Waals surface area (Å²) >= 11 is 0. The van der Waals surface area contributed by atoms with Crippen molar-refractivity contribution in [3.05, 3.63) is 24.3 Å². The van der Waals surface area contributed by atoms with E-state index in [0.29, 0.717) is 29.7 Å². The van der Waals surface area contributed by atoms with Gasteiger partial charge in [0.05, 0.1) is 12.3 Å². The van der Waals surface area contributed by atoms with Crippen molar-refractivity contribution in [2.45, 2.75) is 30.7 Å². The Morgan fingerprint density at radius 2 is 2.05 bits per heavy atom. The molecule has 20 heavy (non-hydrogen) atoms. The maximum atomic E-state index is 12.3. The van der Waals surface area contributed by atoms with Crippen LogP contribution in [-0.4, -0.2) is 34.7 Å². The Kier molecular flexibility index (Phi) is 5.01. The molecule has 1 fully saturated rings. The Labute approximate surface area is 120 Å². The third kappa shape index (κ3) is 4.19. The normalized spacial score (nSPS) is 16.9. The fourth-order valence-corrected chi connectivity index (χ4v) is 3.45. The first-order valence-electron chi connectivity index (χ1n) is 6.87. The van der Waals surface area contributed by atoms with E-state index in [4.69, 9.17) is 4.74 Å². The number of hydrogen-bond donors (Lipinski definition) is 2. The molecule has 1 atom stereocenters. The molecule has 0 spiro atoms. The molecule has 1 aliphatic carbocycles. The fourth-order valence-electron chi connectivity index (χ4n) is 1.96. The van der Waals surface area contributed by atoms with Gasteiger partial charge in [-0.05, 0) is 30.9 Å². The standard InChI is InChI=1S/C14H22N2O3S/c1-11(10-19-2)9-15-13-5-3-4-6-14(13)20(17,18)16-12-7-8-12/h3-6,11-12,15-16H,7-10H2,1-2H3. The van der Waals surface area contributed by atoms with Crippen molar-refractivity contribution >= 4 is 15.7 Å². The molecule has 1 saturated carbocycles. The number of ether oxygens (including phenoxy) is 1. The second-order valence-electron chi connectivity index (χ2n) is 5.33. The van der Waals surface area contributed by atoms with Crippen LogP contribution in [0.3, 0.4) is 0 Å². The van der Waals surface area contributed by atoms with Gasteiger partial charge in [0.2, 0.25) is 10.0 Å². The lowest BCUT2D eigenvalue weighted by Crippen LogP contribution is -2.27. The highest BCUT2D eigenvalue weighted by molar-refractivity contribution is 7.89. The minimum atomic E-state index is -3.43. The minimum absolute atomic E-state index is 0.112. The zero-order chi connectivity index (χ0) is 14.6. The lowest BCUT2D eigenvalue weighted by molar-refractivity contribution is 0.164. The molecule has 1 aromatic carbocycles. The van der Waals surface area contributed by atoms with E-state index >= 15 is 0 Å². The summed E-state index contributed by atoms with van der Waals surface area (Å²) in [6.45, 7) is 3.36. The molecule has 0 aliphatic heterocycles. The number of hydrogen-bond acceptors (Lipinski definition) is 4. The van der Waals surface area contributed by atoms with Crippen LogP contribution in [0.5, 0.6) is 0 Å². The molecule has 2 rings (SSSR count). The summed E-state index contributed by atoms with van der Waals surface area (Å²) in [6, 6.07) is 7.11. The molecule has 1 aliphatic rings. The smallest absolute Gasteiger partial charge is 0.242 e. The Morgan fingerprint density at radius 3 is 2.70 bits per heavy atom. The summed E-state index contributed by atoms with van der Waals surface area (Å²) in [6.07, 6.45) is 1.86. The lowest BCUT2D eigenvalue weighted by atomic mass is 10.2. The molecule has 0 heterocycles. The van der Waals surface area contributed by atoms with E-state index in [0.717, 1.165) is 12.8 Å². The first-order chi connectivity index (χ1) is 9.53. The molecule has 0 amide bonds. The number of rotatable bonds is 8. The van der Waals surface area contributed by atoms with E-state index in [1.165, 1.54) is 0 Å². The zero-order valence-electron chi connectivity index (χ0n) is 11.9. The zero-order valence-corrected chi connectivity index (χ0v) is 12.7. The van der Waals surface area contributed by atoms with E-state index in [-0.39, 0.29) is 6.04 Å². The van der Waals surface area contributed by atoms with Crippen molar-refractivity contribution in [2.24, 2.45) is 5.92 Å².